The van der Waals surface area contributed by atoms with Crippen molar-refractivity contribution in [3.05, 3.63) is 58.7 Å². The molecule has 6 heteroatoms. The van der Waals surface area contributed by atoms with Crippen LogP contribution in [-0.2, 0) is 16.4 Å². The van der Waals surface area contributed by atoms with Gasteiger partial charge in [-0.3, -0.25) is 4.79 Å². The molecule has 1 N–H and O–H groups in total. The molecular weight excluding hydrogens is 324 g/mol. The summed E-state index contributed by atoms with van der Waals surface area (Å²) in [4.78, 5) is 14.8. The molecule has 24 heavy (non-hydrogen) atoms. The van der Waals surface area contributed by atoms with E-state index in [0.717, 1.165) is 22.4 Å². The Bertz CT molecular complexity index is 900. The van der Waals surface area contributed by atoms with Gasteiger partial charge in [-0.25, -0.2) is 13.1 Å². The van der Waals surface area contributed by atoms with Crippen LogP contribution in [0.4, 0.5) is 5.69 Å². The number of anilines is 1. The summed E-state index contributed by atoms with van der Waals surface area (Å²) in [6.45, 7) is 4.50. The number of carbonyl (C=O) groups excluding carboxylic acids is 1. The van der Waals surface area contributed by atoms with E-state index < -0.39 is 10.0 Å². The average molecular weight is 344 g/mol. The average Bonchev–Trinajstić information content (AvgIpc) is 2.96. The molecule has 0 aliphatic carbocycles. The largest absolute Gasteiger partial charge is 0.308 e. The number of benzene rings is 2. The second kappa shape index (κ2) is 6.03. The smallest absolute Gasteiger partial charge is 0.258 e. The lowest BCUT2D eigenvalue weighted by molar-refractivity contribution is 0.0989. The van der Waals surface area contributed by atoms with Gasteiger partial charge in [0.15, 0.2) is 0 Å². The number of amides is 1. The Morgan fingerprint density at radius 2 is 1.75 bits per heavy atom. The monoisotopic (exact) mass is 344 g/mol. The molecule has 0 spiro atoms. The maximum atomic E-state index is 12.8. The van der Waals surface area contributed by atoms with E-state index in [1.807, 2.05) is 32.0 Å². The molecular formula is C18H20N2O3S. The lowest BCUT2D eigenvalue weighted by Gasteiger charge is -2.18. The maximum absolute atomic E-state index is 12.8. The minimum absolute atomic E-state index is 0.0511. The zero-order chi connectivity index (χ0) is 17.5. The van der Waals surface area contributed by atoms with Crippen LogP contribution in [0.2, 0.25) is 0 Å². The molecule has 0 unspecified atom stereocenters. The third-order valence-electron chi connectivity index (χ3n) is 4.24. The number of hydrogen-bond acceptors (Lipinski definition) is 3. The first kappa shape index (κ1) is 16.7. The lowest BCUT2D eigenvalue weighted by atomic mass is 10.1. The highest BCUT2D eigenvalue weighted by Gasteiger charge is 2.27. The highest BCUT2D eigenvalue weighted by molar-refractivity contribution is 7.89. The minimum atomic E-state index is -3.47. The van der Waals surface area contributed by atoms with E-state index in [-0.39, 0.29) is 10.8 Å². The Balaban J connectivity index is 1.96. The van der Waals surface area contributed by atoms with E-state index >= 15 is 0 Å². The standard InChI is InChI=1S/C18H20N2O3S/c1-12-8-13(2)10-15(9-12)18(21)20-7-6-14-11-16(4-5-17(14)20)24(22,23)19-3/h4-5,8-11,19H,6-7H2,1-3H3. The van der Waals surface area contributed by atoms with E-state index in [4.69, 9.17) is 0 Å². The van der Waals surface area contributed by atoms with Crippen LogP contribution in [0.25, 0.3) is 0 Å². The van der Waals surface area contributed by atoms with Gasteiger partial charge in [0, 0.05) is 17.8 Å². The Labute approximate surface area is 142 Å². The molecule has 0 saturated heterocycles. The van der Waals surface area contributed by atoms with Crippen molar-refractivity contribution in [3.8, 4) is 0 Å². The van der Waals surface area contributed by atoms with Crippen molar-refractivity contribution in [1.29, 1.82) is 0 Å². The van der Waals surface area contributed by atoms with Crippen molar-refractivity contribution in [1.82, 2.24) is 4.72 Å². The molecule has 0 saturated carbocycles. The highest BCUT2D eigenvalue weighted by Crippen LogP contribution is 2.31. The first-order chi connectivity index (χ1) is 11.3. The van der Waals surface area contributed by atoms with Gasteiger partial charge in [0.2, 0.25) is 10.0 Å². The van der Waals surface area contributed by atoms with Gasteiger partial charge in [0.05, 0.1) is 4.90 Å². The SMILES string of the molecule is CNS(=O)(=O)c1ccc2c(c1)CCN2C(=O)c1cc(C)cc(C)c1. The molecule has 2 aromatic carbocycles. The quantitative estimate of drug-likeness (QED) is 0.930. The molecule has 0 fully saturated rings. The number of rotatable bonds is 3. The number of sulfonamides is 1. The number of carbonyl (C=O) groups is 1. The van der Waals surface area contributed by atoms with Gasteiger partial charge in [0.25, 0.3) is 5.91 Å². The van der Waals surface area contributed by atoms with Crippen molar-refractivity contribution in [2.45, 2.75) is 25.2 Å². The Morgan fingerprint density at radius 3 is 2.38 bits per heavy atom. The second-order valence-electron chi connectivity index (χ2n) is 6.08. The fourth-order valence-corrected chi connectivity index (χ4v) is 3.91. The van der Waals surface area contributed by atoms with E-state index in [9.17, 15) is 13.2 Å². The summed E-state index contributed by atoms with van der Waals surface area (Å²) in [6.07, 6.45) is 0.652. The van der Waals surface area contributed by atoms with Gasteiger partial charge < -0.3 is 4.90 Å². The predicted molar refractivity (Wildman–Crippen MR) is 94.0 cm³/mol. The maximum Gasteiger partial charge on any atom is 0.258 e. The van der Waals surface area contributed by atoms with Crippen LogP contribution < -0.4 is 9.62 Å². The van der Waals surface area contributed by atoms with E-state index in [1.54, 1.807) is 17.0 Å². The van der Waals surface area contributed by atoms with Crippen LogP contribution in [0.3, 0.4) is 0 Å². The molecule has 0 aromatic heterocycles. The fraction of sp³-hybridized carbons (Fsp3) is 0.278. The first-order valence-corrected chi connectivity index (χ1v) is 9.27. The summed E-state index contributed by atoms with van der Waals surface area (Å²) >= 11 is 0. The fourth-order valence-electron chi connectivity index (χ4n) is 3.13. The molecule has 2 aromatic rings. The first-order valence-electron chi connectivity index (χ1n) is 7.78. The number of nitrogens with one attached hydrogen (secondary N) is 1. The number of aryl methyl sites for hydroxylation is 2. The summed E-state index contributed by atoms with van der Waals surface area (Å²) in [5.41, 5.74) is 4.42. The summed E-state index contributed by atoms with van der Waals surface area (Å²) < 4.78 is 26.2. The van der Waals surface area contributed by atoms with E-state index in [2.05, 4.69) is 4.72 Å². The van der Waals surface area contributed by atoms with Crippen LogP contribution in [0.1, 0.15) is 27.0 Å². The zero-order valence-corrected chi connectivity index (χ0v) is 14.8. The summed E-state index contributed by atoms with van der Waals surface area (Å²) in [5, 5.41) is 0. The van der Waals surface area contributed by atoms with Crippen LogP contribution in [-0.4, -0.2) is 27.9 Å². The molecule has 1 amide bonds. The summed E-state index contributed by atoms with van der Waals surface area (Å²) in [5.74, 6) is -0.0511. The lowest BCUT2D eigenvalue weighted by Crippen LogP contribution is -2.29. The summed E-state index contributed by atoms with van der Waals surface area (Å²) in [6, 6.07) is 10.7. The second-order valence-corrected chi connectivity index (χ2v) is 7.97. The molecule has 0 radical (unpaired) electrons. The van der Waals surface area contributed by atoms with Gasteiger partial charge in [-0.15, -0.1) is 0 Å². The number of hydrogen-bond donors (Lipinski definition) is 1. The molecule has 0 bridgehead atoms. The Hall–Kier alpha value is -2.18. The third-order valence-corrected chi connectivity index (χ3v) is 5.65. The van der Waals surface area contributed by atoms with Crippen LogP contribution in [0, 0.1) is 13.8 Å². The zero-order valence-electron chi connectivity index (χ0n) is 14.0. The van der Waals surface area contributed by atoms with Crippen molar-refractivity contribution >= 4 is 21.6 Å². The molecule has 1 aliphatic heterocycles. The van der Waals surface area contributed by atoms with E-state index in [1.165, 1.54) is 13.1 Å². The van der Waals surface area contributed by atoms with Gasteiger partial charge in [-0.1, -0.05) is 17.2 Å². The topological polar surface area (TPSA) is 66.5 Å². The molecule has 3 rings (SSSR count). The van der Waals surface area contributed by atoms with Crippen molar-refractivity contribution in [3.63, 3.8) is 0 Å². The molecule has 5 nitrogen and oxygen atoms in total. The molecule has 1 aliphatic rings. The number of fused-ring (bicyclic) bond motifs is 1. The third kappa shape index (κ3) is 2.95. The Morgan fingerprint density at radius 1 is 1.08 bits per heavy atom. The van der Waals surface area contributed by atoms with Gasteiger partial charge in [0.1, 0.15) is 0 Å². The molecule has 0 atom stereocenters. The van der Waals surface area contributed by atoms with Crippen LogP contribution in [0.5, 0.6) is 0 Å². The predicted octanol–water partition coefficient (Wildman–Crippen LogP) is 2.41. The molecule has 1 heterocycles. The van der Waals surface area contributed by atoms with Crippen LogP contribution in [0.15, 0.2) is 41.3 Å². The van der Waals surface area contributed by atoms with Gasteiger partial charge >= 0.3 is 0 Å². The van der Waals surface area contributed by atoms with Crippen molar-refractivity contribution in [2.75, 3.05) is 18.5 Å². The molecule has 126 valence electrons. The van der Waals surface area contributed by atoms with E-state index in [0.29, 0.717) is 18.5 Å². The normalized spacial score (nSPS) is 13.9. The van der Waals surface area contributed by atoms with Crippen LogP contribution >= 0.6 is 0 Å². The van der Waals surface area contributed by atoms with Crippen molar-refractivity contribution in [2.24, 2.45) is 0 Å². The van der Waals surface area contributed by atoms with Crippen molar-refractivity contribution < 1.29 is 13.2 Å². The summed E-state index contributed by atoms with van der Waals surface area (Å²) in [7, 11) is -2.09. The minimum Gasteiger partial charge on any atom is -0.308 e. The van der Waals surface area contributed by atoms with Gasteiger partial charge in [-0.05, 0) is 63.2 Å². The van der Waals surface area contributed by atoms with Gasteiger partial charge in [-0.2, -0.15) is 0 Å². The Kier molecular flexibility index (Phi) is 4.19. The highest BCUT2D eigenvalue weighted by atomic mass is 32.2. The number of nitrogens with zero attached hydrogens (tertiary/aromatic N) is 1.